The summed E-state index contributed by atoms with van der Waals surface area (Å²) in [5.41, 5.74) is 0.760. The Morgan fingerprint density at radius 1 is 1.14 bits per heavy atom. The number of nitrogens with one attached hydrogen (secondary N) is 1. The minimum absolute atomic E-state index is 0.00723. The largest absolute Gasteiger partial charge is 0.335 e. The monoisotopic (exact) mass is 396 g/mol. The van der Waals surface area contributed by atoms with E-state index in [1.807, 2.05) is 23.1 Å². The van der Waals surface area contributed by atoms with Gasteiger partial charge in [0.25, 0.3) is 0 Å². The summed E-state index contributed by atoms with van der Waals surface area (Å²) in [4.78, 5) is 34.2. The second kappa shape index (κ2) is 8.19. The molecular formula is C22H25FN4O2. The quantitative estimate of drug-likeness (QED) is 0.864. The molecule has 3 heterocycles. The number of aromatic nitrogens is 1. The highest BCUT2D eigenvalue weighted by Gasteiger charge is 2.52. The van der Waals surface area contributed by atoms with Crippen LogP contribution >= 0.6 is 0 Å². The number of hydrogen-bond donors (Lipinski definition) is 1. The average Bonchev–Trinajstić information content (AvgIpc) is 3.15. The molecule has 1 unspecified atom stereocenters. The molecule has 1 atom stereocenters. The zero-order valence-electron chi connectivity index (χ0n) is 16.3. The lowest BCUT2D eigenvalue weighted by atomic mass is 9.85. The van der Waals surface area contributed by atoms with Crippen molar-refractivity contribution in [1.29, 1.82) is 0 Å². The molecule has 2 fully saturated rings. The molecule has 29 heavy (non-hydrogen) atoms. The van der Waals surface area contributed by atoms with Crippen LogP contribution in [0.5, 0.6) is 0 Å². The second-order valence-electron chi connectivity index (χ2n) is 7.73. The fraction of sp³-hybridized carbons (Fsp3) is 0.409. The molecule has 2 saturated heterocycles. The first kappa shape index (κ1) is 19.4. The Hall–Kier alpha value is -2.96. The van der Waals surface area contributed by atoms with Gasteiger partial charge in [0.05, 0.1) is 12.2 Å². The molecule has 6 nitrogen and oxygen atoms in total. The normalized spacial score (nSPS) is 21.6. The molecule has 1 spiro atoms. The summed E-state index contributed by atoms with van der Waals surface area (Å²) >= 11 is 0. The Bertz CT molecular complexity index is 891. The van der Waals surface area contributed by atoms with Crippen LogP contribution in [0.4, 0.5) is 9.18 Å². The van der Waals surface area contributed by atoms with Gasteiger partial charge >= 0.3 is 6.03 Å². The number of urea groups is 1. The number of benzene rings is 1. The Labute approximate surface area is 169 Å². The third-order valence-corrected chi connectivity index (χ3v) is 5.85. The highest BCUT2D eigenvalue weighted by molar-refractivity contribution is 5.92. The number of likely N-dealkylation sites (tertiary alicyclic amines) is 2. The van der Waals surface area contributed by atoms with Crippen LogP contribution in [0.25, 0.3) is 0 Å². The summed E-state index contributed by atoms with van der Waals surface area (Å²) in [5, 5.41) is 2.86. The van der Waals surface area contributed by atoms with Crippen LogP contribution in [0, 0.1) is 5.82 Å². The third kappa shape index (κ3) is 3.95. The highest BCUT2D eigenvalue weighted by atomic mass is 19.1. The number of nitrogens with zero attached hydrogens (tertiary/aromatic N) is 3. The Morgan fingerprint density at radius 2 is 1.97 bits per heavy atom. The van der Waals surface area contributed by atoms with Gasteiger partial charge in [0.2, 0.25) is 5.91 Å². The molecule has 4 rings (SSSR count). The summed E-state index contributed by atoms with van der Waals surface area (Å²) in [5.74, 6) is -0.324. The van der Waals surface area contributed by atoms with Gasteiger partial charge in [-0.1, -0.05) is 18.2 Å². The van der Waals surface area contributed by atoms with Gasteiger partial charge in [-0.05, 0) is 55.5 Å². The molecule has 1 N–H and O–H groups in total. The average molecular weight is 396 g/mol. The minimum Gasteiger partial charge on any atom is -0.335 e. The van der Waals surface area contributed by atoms with E-state index in [4.69, 9.17) is 0 Å². The topological polar surface area (TPSA) is 65.5 Å². The number of carbonyl (C=O) groups is 2. The van der Waals surface area contributed by atoms with Crippen LogP contribution in [0.1, 0.15) is 36.9 Å². The number of piperidine rings is 1. The maximum atomic E-state index is 13.4. The van der Waals surface area contributed by atoms with E-state index in [1.165, 1.54) is 12.1 Å². The number of halogens is 1. The molecule has 1 aromatic heterocycles. The second-order valence-corrected chi connectivity index (χ2v) is 7.73. The molecule has 152 valence electrons. The first-order chi connectivity index (χ1) is 14.1. The number of rotatable bonds is 4. The molecule has 0 aliphatic carbocycles. The molecule has 2 aromatic rings. The molecule has 3 amide bonds. The van der Waals surface area contributed by atoms with Crippen LogP contribution in [-0.4, -0.2) is 45.4 Å². The van der Waals surface area contributed by atoms with Crippen molar-refractivity contribution < 1.29 is 14.0 Å². The summed E-state index contributed by atoms with van der Waals surface area (Å²) in [6.07, 6.45) is 4.74. The van der Waals surface area contributed by atoms with Crippen molar-refractivity contribution in [3.05, 3.63) is 65.7 Å². The molecular weight excluding hydrogens is 371 g/mol. The molecule has 0 saturated carbocycles. The van der Waals surface area contributed by atoms with Gasteiger partial charge in [-0.3, -0.25) is 9.78 Å². The minimum atomic E-state index is -0.779. The molecule has 7 heteroatoms. The van der Waals surface area contributed by atoms with Crippen molar-refractivity contribution in [3.63, 3.8) is 0 Å². The Balaban J connectivity index is 1.46. The van der Waals surface area contributed by atoms with E-state index >= 15 is 0 Å². The molecule has 2 aliphatic rings. The molecule has 1 aromatic carbocycles. The van der Waals surface area contributed by atoms with Crippen molar-refractivity contribution >= 4 is 11.9 Å². The highest BCUT2D eigenvalue weighted by Crippen LogP contribution is 2.38. The van der Waals surface area contributed by atoms with E-state index in [-0.39, 0.29) is 24.3 Å². The predicted octanol–water partition coefficient (Wildman–Crippen LogP) is 3.09. The lowest BCUT2D eigenvalue weighted by Gasteiger charge is -2.44. The van der Waals surface area contributed by atoms with E-state index < -0.39 is 5.54 Å². The Kier molecular flexibility index (Phi) is 5.47. The van der Waals surface area contributed by atoms with Gasteiger partial charge < -0.3 is 15.1 Å². The van der Waals surface area contributed by atoms with Crippen LogP contribution < -0.4 is 5.32 Å². The predicted molar refractivity (Wildman–Crippen MR) is 106 cm³/mol. The van der Waals surface area contributed by atoms with Crippen molar-refractivity contribution in [3.8, 4) is 0 Å². The van der Waals surface area contributed by atoms with Gasteiger partial charge in [-0.15, -0.1) is 0 Å². The van der Waals surface area contributed by atoms with Gasteiger partial charge in [-0.25, -0.2) is 9.18 Å². The standard InChI is InChI=1S/C22H25FN4O2/c23-18-7-3-6-17(14-18)15-25-21(29)27-13-5-10-22(27)9-4-12-26(20(22)28)16-19-8-1-2-11-24-19/h1-3,6-8,11,14H,4-5,9-10,12-13,15-16H2,(H,25,29). The smallest absolute Gasteiger partial charge is 0.318 e. The fourth-order valence-electron chi connectivity index (χ4n) is 4.48. The van der Waals surface area contributed by atoms with Crippen LogP contribution in [0.15, 0.2) is 48.7 Å². The number of carbonyl (C=O) groups excluding carboxylic acids is 2. The first-order valence-corrected chi connectivity index (χ1v) is 10.1. The summed E-state index contributed by atoms with van der Waals surface area (Å²) < 4.78 is 13.4. The maximum absolute atomic E-state index is 13.4. The van der Waals surface area contributed by atoms with E-state index in [0.29, 0.717) is 38.0 Å². The van der Waals surface area contributed by atoms with Gasteiger partial charge in [0, 0.05) is 25.8 Å². The Morgan fingerprint density at radius 3 is 2.72 bits per heavy atom. The van der Waals surface area contributed by atoms with E-state index in [0.717, 1.165) is 18.5 Å². The summed E-state index contributed by atoms with van der Waals surface area (Å²) in [6.45, 7) is 1.92. The van der Waals surface area contributed by atoms with Gasteiger partial charge in [0.1, 0.15) is 11.4 Å². The van der Waals surface area contributed by atoms with Gasteiger partial charge in [-0.2, -0.15) is 0 Å². The van der Waals surface area contributed by atoms with Crippen molar-refractivity contribution in [1.82, 2.24) is 20.1 Å². The molecule has 0 radical (unpaired) electrons. The maximum Gasteiger partial charge on any atom is 0.318 e. The van der Waals surface area contributed by atoms with Crippen LogP contribution in [0.3, 0.4) is 0 Å². The van der Waals surface area contributed by atoms with Crippen molar-refractivity contribution in [2.24, 2.45) is 0 Å². The zero-order valence-corrected chi connectivity index (χ0v) is 16.3. The van der Waals surface area contributed by atoms with Crippen molar-refractivity contribution in [2.45, 2.75) is 44.3 Å². The summed E-state index contributed by atoms with van der Waals surface area (Å²) in [7, 11) is 0. The summed E-state index contributed by atoms with van der Waals surface area (Å²) in [6, 6.07) is 11.6. The number of hydrogen-bond acceptors (Lipinski definition) is 3. The SMILES string of the molecule is O=C(NCc1cccc(F)c1)N1CCCC12CCCN(Cc1ccccn1)C2=O. The van der Waals surface area contributed by atoms with E-state index in [9.17, 15) is 14.0 Å². The number of pyridine rings is 1. The van der Waals surface area contributed by atoms with E-state index in [1.54, 1.807) is 23.2 Å². The van der Waals surface area contributed by atoms with Crippen molar-refractivity contribution in [2.75, 3.05) is 13.1 Å². The lowest BCUT2D eigenvalue weighted by molar-refractivity contribution is -0.146. The third-order valence-electron chi connectivity index (χ3n) is 5.85. The first-order valence-electron chi connectivity index (χ1n) is 10.1. The molecule has 2 aliphatic heterocycles. The lowest BCUT2D eigenvalue weighted by Crippen LogP contribution is -2.62. The fourth-order valence-corrected chi connectivity index (χ4v) is 4.48. The van der Waals surface area contributed by atoms with Crippen LogP contribution in [-0.2, 0) is 17.9 Å². The van der Waals surface area contributed by atoms with E-state index in [2.05, 4.69) is 10.3 Å². The zero-order chi connectivity index (χ0) is 20.3. The van der Waals surface area contributed by atoms with Crippen LogP contribution in [0.2, 0.25) is 0 Å². The van der Waals surface area contributed by atoms with Gasteiger partial charge in [0.15, 0.2) is 0 Å². The molecule has 0 bridgehead atoms. The number of amides is 3.